The minimum Gasteiger partial charge on any atom is -0.452 e. The Kier molecular flexibility index (Phi) is 6.15. The summed E-state index contributed by atoms with van der Waals surface area (Å²) in [5.74, 6) is -1.58. The summed E-state index contributed by atoms with van der Waals surface area (Å²) in [6, 6.07) is 16.1. The van der Waals surface area contributed by atoms with Gasteiger partial charge >= 0.3 is 5.97 Å². The maximum absolute atomic E-state index is 13.2. The monoisotopic (exact) mass is 391 g/mol. The number of hydrogen-bond donors (Lipinski definition) is 0. The Bertz CT molecular complexity index is 1090. The van der Waals surface area contributed by atoms with Crippen molar-refractivity contribution in [2.24, 2.45) is 0 Å². The number of carbonyl (C=O) groups is 2. The number of aromatic nitrogens is 1. The minimum absolute atomic E-state index is 0.0885. The van der Waals surface area contributed by atoms with Gasteiger partial charge in [0.2, 0.25) is 0 Å². The second-order valence-electron chi connectivity index (χ2n) is 6.33. The SMILES string of the molecule is Cc1cc(C(=O)OCC(=O)N(CCC#N)c2ccc(F)cc2)c2ccccc2n1. The smallest absolute Gasteiger partial charge is 0.339 e. The molecule has 0 saturated carbocycles. The summed E-state index contributed by atoms with van der Waals surface area (Å²) in [5.41, 5.74) is 2.07. The first-order valence-corrected chi connectivity index (χ1v) is 8.96. The Balaban J connectivity index is 1.77. The molecule has 1 aromatic heterocycles. The number of halogens is 1. The summed E-state index contributed by atoms with van der Waals surface area (Å²) in [5, 5.41) is 9.48. The van der Waals surface area contributed by atoms with Crippen LogP contribution in [-0.4, -0.2) is 30.0 Å². The number of aryl methyl sites for hydroxylation is 1. The third kappa shape index (κ3) is 4.74. The van der Waals surface area contributed by atoms with E-state index in [1.807, 2.05) is 12.1 Å². The van der Waals surface area contributed by atoms with Crippen LogP contribution < -0.4 is 4.90 Å². The van der Waals surface area contributed by atoms with Crippen LogP contribution in [0.1, 0.15) is 22.5 Å². The van der Waals surface area contributed by atoms with E-state index in [9.17, 15) is 14.0 Å². The van der Waals surface area contributed by atoms with E-state index < -0.39 is 24.3 Å². The lowest BCUT2D eigenvalue weighted by Gasteiger charge is -2.21. The van der Waals surface area contributed by atoms with Gasteiger partial charge in [-0.05, 0) is 43.3 Å². The molecule has 0 bridgehead atoms. The van der Waals surface area contributed by atoms with Crippen LogP contribution >= 0.6 is 0 Å². The Hall–Kier alpha value is -3.79. The fraction of sp³-hybridized carbons (Fsp3) is 0.182. The number of ether oxygens (including phenoxy) is 1. The lowest BCUT2D eigenvalue weighted by molar-refractivity contribution is -0.121. The number of fused-ring (bicyclic) bond motifs is 1. The van der Waals surface area contributed by atoms with Crippen LogP contribution in [0.5, 0.6) is 0 Å². The number of amides is 1. The highest BCUT2D eigenvalue weighted by Crippen LogP contribution is 2.20. The largest absolute Gasteiger partial charge is 0.452 e. The zero-order valence-electron chi connectivity index (χ0n) is 15.8. The lowest BCUT2D eigenvalue weighted by atomic mass is 10.1. The summed E-state index contributed by atoms with van der Waals surface area (Å²) >= 11 is 0. The summed E-state index contributed by atoms with van der Waals surface area (Å²) < 4.78 is 18.4. The van der Waals surface area contributed by atoms with Crippen molar-refractivity contribution in [1.29, 1.82) is 5.26 Å². The van der Waals surface area contributed by atoms with Crippen LogP contribution in [-0.2, 0) is 9.53 Å². The molecule has 0 aliphatic heterocycles. The van der Waals surface area contributed by atoms with E-state index in [4.69, 9.17) is 10.00 Å². The predicted octanol–water partition coefficient (Wildman–Crippen LogP) is 3.79. The van der Waals surface area contributed by atoms with E-state index in [-0.39, 0.29) is 13.0 Å². The standard InChI is InChI=1S/C22H18FN3O3/c1-15-13-19(18-5-2-3-6-20(18)25-15)22(28)29-14-21(27)26(12-4-11-24)17-9-7-16(23)8-10-17/h2-3,5-10,13H,4,12,14H2,1H3. The lowest BCUT2D eigenvalue weighted by Crippen LogP contribution is -2.35. The third-order valence-electron chi connectivity index (χ3n) is 4.28. The quantitative estimate of drug-likeness (QED) is 0.597. The molecule has 0 atom stereocenters. The Morgan fingerprint density at radius 3 is 2.62 bits per heavy atom. The minimum atomic E-state index is -0.639. The van der Waals surface area contributed by atoms with Gasteiger partial charge in [-0.25, -0.2) is 9.18 Å². The highest BCUT2D eigenvalue weighted by Gasteiger charge is 2.19. The molecular formula is C22H18FN3O3. The van der Waals surface area contributed by atoms with Crippen molar-refractivity contribution in [1.82, 2.24) is 4.98 Å². The molecule has 0 aliphatic rings. The molecule has 146 valence electrons. The second kappa shape index (κ2) is 8.93. The van der Waals surface area contributed by atoms with Crippen LogP contribution in [0.3, 0.4) is 0 Å². The summed E-state index contributed by atoms with van der Waals surface area (Å²) in [7, 11) is 0. The number of para-hydroxylation sites is 1. The zero-order valence-corrected chi connectivity index (χ0v) is 15.8. The van der Waals surface area contributed by atoms with Gasteiger partial charge in [-0.1, -0.05) is 18.2 Å². The third-order valence-corrected chi connectivity index (χ3v) is 4.28. The van der Waals surface area contributed by atoms with Crippen molar-refractivity contribution < 1.29 is 18.7 Å². The van der Waals surface area contributed by atoms with Crippen molar-refractivity contribution in [2.45, 2.75) is 13.3 Å². The topological polar surface area (TPSA) is 83.3 Å². The van der Waals surface area contributed by atoms with E-state index in [1.54, 1.807) is 31.2 Å². The molecule has 29 heavy (non-hydrogen) atoms. The van der Waals surface area contributed by atoms with Gasteiger partial charge in [0.15, 0.2) is 6.61 Å². The van der Waals surface area contributed by atoms with Crippen molar-refractivity contribution >= 4 is 28.5 Å². The molecule has 7 heteroatoms. The van der Waals surface area contributed by atoms with Gasteiger partial charge in [-0.3, -0.25) is 9.78 Å². The molecule has 0 unspecified atom stereocenters. The van der Waals surface area contributed by atoms with Crippen molar-refractivity contribution in [3.63, 3.8) is 0 Å². The Morgan fingerprint density at radius 1 is 1.17 bits per heavy atom. The van der Waals surface area contributed by atoms with Gasteiger partial charge in [0, 0.05) is 23.3 Å². The highest BCUT2D eigenvalue weighted by atomic mass is 19.1. The molecule has 2 aromatic carbocycles. The van der Waals surface area contributed by atoms with Gasteiger partial charge < -0.3 is 9.64 Å². The summed E-state index contributed by atoms with van der Waals surface area (Å²) in [4.78, 5) is 30.9. The molecule has 0 N–H and O–H groups in total. The van der Waals surface area contributed by atoms with Crippen LogP contribution in [0.4, 0.5) is 10.1 Å². The highest BCUT2D eigenvalue weighted by molar-refractivity contribution is 6.04. The van der Waals surface area contributed by atoms with E-state index in [0.29, 0.717) is 27.8 Å². The van der Waals surface area contributed by atoms with Crippen molar-refractivity contribution in [2.75, 3.05) is 18.1 Å². The zero-order chi connectivity index (χ0) is 20.8. The number of anilines is 1. The number of carbonyl (C=O) groups excluding carboxylic acids is 2. The first-order valence-electron chi connectivity index (χ1n) is 8.96. The van der Waals surface area contributed by atoms with Crippen LogP contribution in [0, 0.1) is 24.1 Å². The number of benzene rings is 2. The number of esters is 1. The fourth-order valence-corrected chi connectivity index (χ4v) is 2.94. The molecule has 0 spiro atoms. The van der Waals surface area contributed by atoms with Gasteiger partial charge in [-0.2, -0.15) is 5.26 Å². The molecule has 0 fully saturated rings. The van der Waals surface area contributed by atoms with Gasteiger partial charge in [0.25, 0.3) is 5.91 Å². The molecule has 1 heterocycles. The van der Waals surface area contributed by atoms with Gasteiger partial charge in [0.1, 0.15) is 5.82 Å². The fourth-order valence-electron chi connectivity index (χ4n) is 2.94. The predicted molar refractivity (Wildman–Crippen MR) is 106 cm³/mol. The number of rotatable bonds is 6. The number of nitriles is 1. The molecule has 3 aromatic rings. The molecule has 0 aliphatic carbocycles. The van der Waals surface area contributed by atoms with E-state index in [2.05, 4.69) is 4.98 Å². The molecule has 1 amide bonds. The summed E-state index contributed by atoms with van der Waals surface area (Å²) in [6.45, 7) is 1.37. The molecule has 3 rings (SSSR count). The molecular weight excluding hydrogens is 373 g/mol. The first-order chi connectivity index (χ1) is 14.0. The van der Waals surface area contributed by atoms with Crippen molar-refractivity contribution in [3.05, 3.63) is 71.7 Å². The normalized spacial score (nSPS) is 10.4. The van der Waals surface area contributed by atoms with E-state index in [0.717, 1.165) is 0 Å². The van der Waals surface area contributed by atoms with E-state index in [1.165, 1.54) is 29.2 Å². The number of nitrogens with zero attached hydrogens (tertiary/aromatic N) is 3. The molecule has 0 saturated heterocycles. The van der Waals surface area contributed by atoms with Crippen LogP contribution in [0.2, 0.25) is 0 Å². The summed E-state index contributed by atoms with van der Waals surface area (Å²) in [6.07, 6.45) is 0.0885. The van der Waals surface area contributed by atoms with Crippen LogP contribution in [0.15, 0.2) is 54.6 Å². The van der Waals surface area contributed by atoms with Crippen molar-refractivity contribution in [3.8, 4) is 6.07 Å². The van der Waals surface area contributed by atoms with E-state index >= 15 is 0 Å². The average molecular weight is 391 g/mol. The average Bonchev–Trinajstić information content (AvgIpc) is 2.72. The maximum Gasteiger partial charge on any atom is 0.339 e. The molecule has 6 nitrogen and oxygen atoms in total. The van der Waals surface area contributed by atoms with Gasteiger partial charge in [0.05, 0.1) is 23.6 Å². The number of hydrogen-bond acceptors (Lipinski definition) is 5. The Labute approximate surface area is 167 Å². The van der Waals surface area contributed by atoms with Gasteiger partial charge in [-0.15, -0.1) is 0 Å². The Morgan fingerprint density at radius 2 is 1.90 bits per heavy atom. The van der Waals surface area contributed by atoms with Crippen LogP contribution in [0.25, 0.3) is 10.9 Å². The maximum atomic E-state index is 13.2. The number of pyridine rings is 1. The first kappa shape index (κ1) is 20.0. The second-order valence-corrected chi connectivity index (χ2v) is 6.33. The molecule has 0 radical (unpaired) electrons.